The van der Waals surface area contributed by atoms with Crippen molar-refractivity contribution in [2.75, 3.05) is 13.2 Å². The van der Waals surface area contributed by atoms with Crippen molar-refractivity contribution in [2.24, 2.45) is 11.8 Å². The van der Waals surface area contributed by atoms with Crippen LogP contribution in [0.15, 0.2) is 36.4 Å². The summed E-state index contributed by atoms with van der Waals surface area (Å²) in [6, 6.07) is 8.52. The number of imide groups is 1. The van der Waals surface area contributed by atoms with Crippen LogP contribution in [0.25, 0.3) is 10.2 Å². The highest BCUT2D eigenvalue weighted by Crippen LogP contribution is 2.35. The van der Waals surface area contributed by atoms with Crippen LogP contribution in [0.1, 0.15) is 43.2 Å². The Morgan fingerprint density at radius 1 is 1.07 bits per heavy atom. The number of para-hydroxylation sites is 1. The van der Waals surface area contributed by atoms with Gasteiger partial charge in [0.25, 0.3) is 0 Å². The molecule has 2 fully saturated rings. The molecule has 2 saturated heterocycles. The fraction of sp³-hybridized carbons (Fsp3) is 0.476. The van der Waals surface area contributed by atoms with Crippen molar-refractivity contribution in [2.45, 2.75) is 38.1 Å². The number of carbonyl (C=O) groups is 2. The quantitative estimate of drug-likeness (QED) is 0.655. The van der Waals surface area contributed by atoms with Gasteiger partial charge in [-0.1, -0.05) is 24.3 Å². The van der Waals surface area contributed by atoms with Crippen molar-refractivity contribution in [1.82, 2.24) is 9.88 Å². The molecule has 6 heteroatoms. The zero-order chi connectivity index (χ0) is 18.4. The fourth-order valence-corrected chi connectivity index (χ4v) is 5.99. The molecular weight excluding hydrogens is 358 g/mol. The van der Waals surface area contributed by atoms with Crippen LogP contribution in [0.4, 0.5) is 0 Å². The second-order valence-electron chi connectivity index (χ2n) is 7.89. The van der Waals surface area contributed by atoms with Crippen LogP contribution in [0.5, 0.6) is 0 Å². The molecule has 3 aliphatic rings. The maximum Gasteiger partial charge on any atom is 0.237 e. The predicted octanol–water partition coefficient (Wildman–Crippen LogP) is 2.31. The minimum atomic E-state index is -0.132. The number of nitrogens with zero attached hydrogens (tertiary/aromatic N) is 2. The Morgan fingerprint density at radius 3 is 2.56 bits per heavy atom. The number of rotatable bonds is 3. The van der Waals surface area contributed by atoms with E-state index in [1.807, 2.05) is 24.3 Å². The number of fused-ring (bicyclic) bond motifs is 2. The van der Waals surface area contributed by atoms with Gasteiger partial charge in [0.2, 0.25) is 11.8 Å². The van der Waals surface area contributed by atoms with Crippen LogP contribution in [0, 0.1) is 11.8 Å². The third-order valence-electron chi connectivity index (χ3n) is 6.30. The largest absolute Gasteiger partial charge is 0.309 e. The normalized spacial score (nSPS) is 30.9. The van der Waals surface area contributed by atoms with Crippen LogP contribution >= 0.6 is 11.3 Å². The molecule has 3 heterocycles. The van der Waals surface area contributed by atoms with E-state index in [2.05, 4.69) is 12.1 Å². The van der Waals surface area contributed by atoms with E-state index in [9.17, 15) is 9.59 Å². The van der Waals surface area contributed by atoms with Crippen molar-refractivity contribution in [3.8, 4) is 0 Å². The molecule has 1 aromatic carbocycles. The topological polar surface area (TPSA) is 54.7 Å². The van der Waals surface area contributed by atoms with Crippen molar-refractivity contribution in [1.29, 1.82) is 0 Å². The van der Waals surface area contributed by atoms with Gasteiger partial charge in [-0.2, -0.15) is 0 Å². The van der Waals surface area contributed by atoms with Gasteiger partial charge in [-0.05, 0) is 37.8 Å². The highest BCUT2D eigenvalue weighted by molar-refractivity contribution is 7.18. The van der Waals surface area contributed by atoms with E-state index in [-0.39, 0.29) is 29.7 Å². The zero-order valence-corrected chi connectivity index (χ0v) is 16.1. The molecule has 0 radical (unpaired) electrons. The molecule has 0 bridgehead atoms. The molecule has 1 aliphatic carbocycles. The molecule has 1 unspecified atom stereocenters. The first-order chi connectivity index (χ1) is 13.2. The van der Waals surface area contributed by atoms with Gasteiger partial charge in [0.15, 0.2) is 11.7 Å². The maximum atomic E-state index is 12.9. The molecule has 27 heavy (non-hydrogen) atoms. The van der Waals surface area contributed by atoms with E-state index < -0.39 is 0 Å². The number of amides is 2. The Hall–Kier alpha value is -2.05. The maximum absolute atomic E-state index is 12.9. The Balaban J connectivity index is 1.39. The average molecular weight is 383 g/mol. The summed E-state index contributed by atoms with van der Waals surface area (Å²) in [5.41, 5.74) is 1.05. The number of hydrogen-bond acceptors (Lipinski definition) is 4. The highest BCUT2D eigenvalue weighted by Gasteiger charge is 2.49. The van der Waals surface area contributed by atoms with Gasteiger partial charge >= 0.3 is 0 Å². The molecule has 140 valence electrons. The number of thiazole rings is 1. The van der Waals surface area contributed by atoms with Crippen LogP contribution in [0.2, 0.25) is 0 Å². The van der Waals surface area contributed by atoms with Crippen LogP contribution in [0.3, 0.4) is 0 Å². The molecule has 2 amide bonds. The number of piperidine rings is 1. The lowest BCUT2D eigenvalue weighted by molar-refractivity contribution is -0.943. The standard InChI is InChI=1S/C21H23N3O2S/c25-20-14-7-1-2-8-15(14)21(26)24(20)13-23-12-6-5-10-17(23)19-22-16-9-3-4-11-18(16)27-19/h1-4,9,11,14-15,17H,5-8,10,12-13H2/p+1/t14-,15+,17-/m0/s1. The molecule has 0 spiro atoms. The van der Waals surface area contributed by atoms with Crippen LogP contribution < -0.4 is 4.90 Å². The fourth-order valence-electron chi connectivity index (χ4n) is 4.83. The van der Waals surface area contributed by atoms with Crippen molar-refractivity contribution >= 4 is 33.4 Å². The van der Waals surface area contributed by atoms with Gasteiger partial charge in [0.05, 0.1) is 28.6 Å². The van der Waals surface area contributed by atoms with Gasteiger partial charge in [0.1, 0.15) is 6.04 Å². The number of allylic oxidation sites excluding steroid dienone is 2. The van der Waals surface area contributed by atoms with E-state index >= 15 is 0 Å². The van der Waals surface area contributed by atoms with Crippen molar-refractivity contribution in [3.63, 3.8) is 0 Å². The van der Waals surface area contributed by atoms with Gasteiger partial charge in [-0.3, -0.25) is 9.59 Å². The first-order valence-electron chi connectivity index (χ1n) is 9.92. The number of benzene rings is 1. The lowest BCUT2D eigenvalue weighted by atomic mass is 9.85. The first-order valence-corrected chi connectivity index (χ1v) is 10.7. The van der Waals surface area contributed by atoms with E-state index in [1.165, 1.54) is 16.0 Å². The first kappa shape index (κ1) is 17.1. The van der Waals surface area contributed by atoms with Crippen molar-refractivity contribution < 1.29 is 14.5 Å². The molecule has 1 N–H and O–H groups in total. The van der Waals surface area contributed by atoms with Gasteiger partial charge in [0, 0.05) is 6.42 Å². The molecule has 4 atom stereocenters. The van der Waals surface area contributed by atoms with E-state index in [1.54, 1.807) is 16.2 Å². The Labute approximate surface area is 162 Å². The second-order valence-corrected chi connectivity index (χ2v) is 8.96. The molecule has 2 aromatic rings. The SMILES string of the molecule is O=C1[C@H]2CC=CC[C@H]2C(=O)N1C[NH+]1CCCC[C@H]1c1nc2ccccc2s1. The summed E-state index contributed by atoms with van der Waals surface area (Å²) in [7, 11) is 0. The van der Waals surface area contributed by atoms with Gasteiger partial charge < -0.3 is 4.90 Å². The van der Waals surface area contributed by atoms with E-state index in [4.69, 9.17) is 4.98 Å². The Kier molecular flexibility index (Phi) is 4.32. The average Bonchev–Trinajstić information content (AvgIpc) is 3.24. The molecule has 0 saturated carbocycles. The summed E-state index contributed by atoms with van der Waals surface area (Å²) in [6.45, 7) is 1.48. The highest BCUT2D eigenvalue weighted by atomic mass is 32.1. The number of nitrogens with one attached hydrogen (secondary N) is 1. The second kappa shape index (κ2) is 6.84. The lowest BCUT2D eigenvalue weighted by Crippen LogP contribution is -3.14. The van der Waals surface area contributed by atoms with Gasteiger partial charge in [-0.25, -0.2) is 9.88 Å². The number of aromatic nitrogens is 1. The lowest BCUT2D eigenvalue weighted by Gasteiger charge is -2.33. The smallest absolute Gasteiger partial charge is 0.237 e. The van der Waals surface area contributed by atoms with Crippen LogP contribution in [-0.2, 0) is 9.59 Å². The Bertz CT molecular complexity index is 862. The molecule has 5 rings (SSSR count). The molecule has 2 aliphatic heterocycles. The summed E-state index contributed by atoms with van der Waals surface area (Å²) in [5, 5.41) is 1.14. The van der Waals surface area contributed by atoms with E-state index in [0.717, 1.165) is 29.9 Å². The number of quaternary nitrogens is 1. The summed E-state index contributed by atoms with van der Waals surface area (Å²) >= 11 is 1.76. The monoisotopic (exact) mass is 382 g/mol. The van der Waals surface area contributed by atoms with Gasteiger partial charge in [-0.15, -0.1) is 11.3 Å². The summed E-state index contributed by atoms with van der Waals surface area (Å²) < 4.78 is 1.21. The van der Waals surface area contributed by atoms with Crippen LogP contribution in [-0.4, -0.2) is 34.9 Å². The number of hydrogen-bond donors (Lipinski definition) is 1. The molecule has 5 nitrogen and oxygen atoms in total. The predicted molar refractivity (Wildman–Crippen MR) is 104 cm³/mol. The third kappa shape index (κ3) is 2.91. The number of carbonyl (C=O) groups excluding carboxylic acids is 2. The molecular formula is C21H24N3O2S+. The summed E-state index contributed by atoms with van der Waals surface area (Å²) in [6.07, 6.45) is 8.91. The number of likely N-dealkylation sites (tertiary alicyclic amines) is 2. The Morgan fingerprint density at radius 2 is 1.81 bits per heavy atom. The minimum absolute atomic E-state index is 0.0375. The zero-order valence-electron chi connectivity index (χ0n) is 15.3. The van der Waals surface area contributed by atoms with Crippen molar-refractivity contribution in [3.05, 3.63) is 41.4 Å². The minimum Gasteiger partial charge on any atom is -0.309 e. The summed E-state index contributed by atoms with van der Waals surface area (Å²) in [5.74, 6) is -0.189. The third-order valence-corrected chi connectivity index (χ3v) is 7.45. The van der Waals surface area contributed by atoms with E-state index in [0.29, 0.717) is 19.5 Å². The summed E-state index contributed by atoms with van der Waals surface area (Å²) in [4.78, 5) is 33.4. The molecule has 1 aromatic heterocycles.